The Morgan fingerprint density at radius 1 is 1.32 bits per heavy atom. The predicted octanol–water partition coefficient (Wildman–Crippen LogP) is 3.36. The van der Waals surface area contributed by atoms with E-state index >= 15 is 0 Å². The second kappa shape index (κ2) is 5.34. The Balaban J connectivity index is 2.05. The van der Waals surface area contributed by atoms with Crippen molar-refractivity contribution >= 4 is 19.0 Å². The first kappa shape index (κ1) is 14.1. The van der Waals surface area contributed by atoms with Gasteiger partial charge in [0.25, 0.3) is 0 Å². The molecule has 104 valence electrons. The van der Waals surface area contributed by atoms with E-state index in [1.54, 1.807) is 12.1 Å². The van der Waals surface area contributed by atoms with Crippen LogP contribution in [0.3, 0.4) is 0 Å². The summed E-state index contributed by atoms with van der Waals surface area (Å²) in [5, 5.41) is 14.9. The van der Waals surface area contributed by atoms with E-state index in [2.05, 4.69) is 24.7 Å². The van der Waals surface area contributed by atoms with E-state index in [-0.39, 0.29) is 5.75 Å². The number of nitrogens with zero attached hydrogens (tertiary/aromatic N) is 2. The second-order valence-electron chi connectivity index (χ2n) is 6.13. The molecule has 1 aromatic carbocycles. The molecule has 0 aliphatic heterocycles. The lowest BCUT2D eigenvalue weighted by molar-refractivity contribution is 0.0815. The Kier molecular flexibility index (Phi) is 3.96. The smallest absolute Gasteiger partial charge is 0.140 e. The minimum atomic E-state index is -1.04. The molecular formula is C14H22N2O2Si. The summed E-state index contributed by atoms with van der Waals surface area (Å²) < 4.78 is 7.58. The number of rotatable bonds is 5. The van der Waals surface area contributed by atoms with Crippen molar-refractivity contribution in [2.24, 2.45) is 0 Å². The van der Waals surface area contributed by atoms with Crippen LogP contribution >= 0.6 is 0 Å². The molecule has 0 fully saturated rings. The largest absolute Gasteiger partial charge is 0.508 e. The van der Waals surface area contributed by atoms with Gasteiger partial charge in [-0.2, -0.15) is 5.10 Å². The summed E-state index contributed by atoms with van der Waals surface area (Å²) in [4.78, 5) is 0. The van der Waals surface area contributed by atoms with Crippen molar-refractivity contribution in [1.29, 1.82) is 0 Å². The van der Waals surface area contributed by atoms with E-state index < -0.39 is 8.07 Å². The van der Waals surface area contributed by atoms with Gasteiger partial charge in [-0.05, 0) is 31.2 Å². The number of fused-ring (bicyclic) bond motifs is 1. The molecule has 0 aliphatic rings. The van der Waals surface area contributed by atoms with Crippen LogP contribution in [0.5, 0.6) is 5.75 Å². The van der Waals surface area contributed by atoms with Gasteiger partial charge < -0.3 is 9.84 Å². The highest BCUT2D eigenvalue weighted by Gasteiger charge is 2.13. The molecule has 2 aromatic rings. The number of phenols is 1. The zero-order valence-electron chi connectivity index (χ0n) is 12.1. The fourth-order valence-electron chi connectivity index (χ4n) is 1.96. The van der Waals surface area contributed by atoms with Crippen LogP contribution in [-0.2, 0) is 11.5 Å². The quantitative estimate of drug-likeness (QED) is 0.674. The minimum Gasteiger partial charge on any atom is -0.508 e. The van der Waals surface area contributed by atoms with Gasteiger partial charge in [-0.3, -0.25) is 0 Å². The molecule has 5 heteroatoms. The monoisotopic (exact) mass is 278 g/mol. The van der Waals surface area contributed by atoms with Gasteiger partial charge in [0.2, 0.25) is 0 Å². The summed E-state index contributed by atoms with van der Waals surface area (Å²) in [5.41, 5.74) is 1.92. The van der Waals surface area contributed by atoms with Crippen molar-refractivity contribution in [3.05, 3.63) is 23.9 Å². The molecule has 0 saturated heterocycles. The molecule has 0 aliphatic carbocycles. The van der Waals surface area contributed by atoms with E-state index in [9.17, 15) is 5.11 Å². The van der Waals surface area contributed by atoms with Crippen molar-refractivity contribution in [2.45, 2.75) is 39.3 Å². The summed E-state index contributed by atoms with van der Waals surface area (Å²) in [6.07, 6.45) is 0. The lowest BCUT2D eigenvalue weighted by Gasteiger charge is -2.15. The van der Waals surface area contributed by atoms with E-state index in [4.69, 9.17) is 4.74 Å². The molecule has 0 bridgehead atoms. The maximum Gasteiger partial charge on any atom is 0.140 e. The van der Waals surface area contributed by atoms with Crippen LogP contribution in [0.1, 0.15) is 5.69 Å². The van der Waals surface area contributed by atoms with Crippen LogP contribution in [0.4, 0.5) is 0 Å². The van der Waals surface area contributed by atoms with E-state index in [1.165, 1.54) is 0 Å². The number of benzene rings is 1. The van der Waals surface area contributed by atoms with Crippen molar-refractivity contribution in [1.82, 2.24) is 9.78 Å². The SMILES string of the molecule is Cc1nn(COCC[Si](C)(C)C)c2ccc(O)cc12. The van der Waals surface area contributed by atoms with Gasteiger partial charge in [-0.15, -0.1) is 0 Å². The Morgan fingerprint density at radius 3 is 2.74 bits per heavy atom. The third kappa shape index (κ3) is 3.58. The van der Waals surface area contributed by atoms with Gasteiger partial charge in [0, 0.05) is 20.1 Å². The number of aromatic nitrogens is 2. The maximum absolute atomic E-state index is 9.50. The molecule has 4 nitrogen and oxygen atoms in total. The number of hydrogen-bond acceptors (Lipinski definition) is 3. The molecule has 1 N–H and O–H groups in total. The van der Waals surface area contributed by atoms with Crippen LogP contribution in [0.15, 0.2) is 18.2 Å². The fraction of sp³-hybridized carbons (Fsp3) is 0.500. The van der Waals surface area contributed by atoms with Crippen LogP contribution in [0, 0.1) is 6.92 Å². The standard InChI is InChI=1S/C14H22N2O2Si/c1-11-13-9-12(17)5-6-14(13)16(15-11)10-18-7-8-19(2,3)4/h5-6,9,17H,7-8,10H2,1-4H3. The van der Waals surface area contributed by atoms with Crippen LogP contribution in [-0.4, -0.2) is 29.6 Å². The molecule has 2 rings (SSSR count). The lowest BCUT2D eigenvalue weighted by atomic mass is 10.2. The van der Waals surface area contributed by atoms with Crippen LogP contribution in [0.2, 0.25) is 25.7 Å². The zero-order chi connectivity index (χ0) is 14.0. The third-order valence-corrected chi connectivity index (χ3v) is 4.83. The lowest BCUT2D eigenvalue weighted by Crippen LogP contribution is -2.22. The molecule has 1 aromatic heterocycles. The van der Waals surface area contributed by atoms with Crippen molar-refractivity contribution < 1.29 is 9.84 Å². The molecule has 0 amide bonds. The average Bonchev–Trinajstić information content (AvgIpc) is 2.60. The van der Waals surface area contributed by atoms with Gasteiger partial charge in [0.15, 0.2) is 0 Å². The molecule has 0 atom stereocenters. The Bertz CT molecular complexity index is 573. The zero-order valence-corrected chi connectivity index (χ0v) is 13.1. The summed E-state index contributed by atoms with van der Waals surface area (Å²) in [6, 6.07) is 6.47. The van der Waals surface area contributed by atoms with Gasteiger partial charge in [-0.1, -0.05) is 19.6 Å². The van der Waals surface area contributed by atoms with Gasteiger partial charge in [0.05, 0.1) is 11.2 Å². The number of phenolic OH excluding ortho intramolecular Hbond substituents is 1. The van der Waals surface area contributed by atoms with E-state index in [0.29, 0.717) is 6.73 Å². The first-order chi connectivity index (χ1) is 8.87. The van der Waals surface area contributed by atoms with Crippen molar-refractivity contribution in [3.63, 3.8) is 0 Å². The topological polar surface area (TPSA) is 47.3 Å². The van der Waals surface area contributed by atoms with E-state index in [1.807, 2.05) is 17.7 Å². The molecule has 19 heavy (non-hydrogen) atoms. The highest BCUT2D eigenvalue weighted by atomic mass is 28.3. The summed E-state index contributed by atoms with van der Waals surface area (Å²) in [5.74, 6) is 0.273. The molecule has 0 spiro atoms. The average molecular weight is 278 g/mol. The molecule has 0 saturated carbocycles. The number of ether oxygens (including phenoxy) is 1. The fourth-order valence-corrected chi connectivity index (χ4v) is 2.71. The van der Waals surface area contributed by atoms with Crippen LogP contribution < -0.4 is 0 Å². The maximum atomic E-state index is 9.50. The predicted molar refractivity (Wildman–Crippen MR) is 80.2 cm³/mol. The number of aryl methyl sites for hydroxylation is 1. The molecule has 1 heterocycles. The molecular weight excluding hydrogens is 256 g/mol. The Labute approximate surface area is 115 Å². The molecule has 0 unspecified atom stereocenters. The van der Waals surface area contributed by atoms with Crippen LogP contribution in [0.25, 0.3) is 10.9 Å². The third-order valence-electron chi connectivity index (χ3n) is 3.13. The normalized spacial score (nSPS) is 12.2. The summed E-state index contributed by atoms with van der Waals surface area (Å²) in [6.45, 7) is 10.2. The Morgan fingerprint density at radius 2 is 2.05 bits per heavy atom. The summed E-state index contributed by atoms with van der Waals surface area (Å²) >= 11 is 0. The van der Waals surface area contributed by atoms with Gasteiger partial charge >= 0.3 is 0 Å². The van der Waals surface area contributed by atoms with Crippen molar-refractivity contribution in [2.75, 3.05) is 6.61 Å². The highest BCUT2D eigenvalue weighted by Crippen LogP contribution is 2.22. The highest BCUT2D eigenvalue weighted by molar-refractivity contribution is 6.76. The number of aromatic hydroxyl groups is 1. The molecule has 0 radical (unpaired) electrons. The number of hydrogen-bond donors (Lipinski definition) is 1. The first-order valence-electron chi connectivity index (χ1n) is 6.61. The Hall–Kier alpha value is -1.33. The minimum absolute atomic E-state index is 0.273. The van der Waals surface area contributed by atoms with Gasteiger partial charge in [-0.25, -0.2) is 4.68 Å². The van der Waals surface area contributed by atoms with E-state index in [0.717, 1.165) is 29.2 Å². The van der Waals surface area contributed by atoms with Gasteiger partial charge in [0.1, 0.15) is 12.5 Å². The second-order valence-corrected chi connectivity index (χ2v) is 11.8. The first-order valence-corrected chi connectivity index (χ1v) is 10.3. The van der Waals surface area contributed by atoms with Crippen molar-refractivity contribution in [3.8, 4) is 5.75 Å². The summed E-state index contributed by atoms with van der Waals surface area (Å²) in [7, 11) is -1.04.